The summed E-state index contributed by atoms with van der Waals surface area (Å²) in [5.41, 5.74) is 3.67. The molecule has 0 saturated carbocycles. The molecule has 7 heteroatoms. The molecule has 1 fully saturated rings. The van der Waals surface area contributed by atoms with Gasteiger partial charge in [0.2, 0.25) is 5.95 Å². The van der Waals surface area contributed by atoms with Crippen molar-refractivity contribution in [2.75, 3.05) is 48.4 Å². The van der Waals surface area contributed by atoms with E-state index in [2.05, 4.69) is 42.9 Å². The molecule has 0 bridgehead atoms. The van der Waals surface area contributed by atoms with Crippen molar-refractivity contribution in [1.29, 1.82) is 0 Å². The fraction of sp³-hybridized carbons (Fsp3) is 0.476. The first-order chi connectivity index (χ1) is 13.9. The van der Waals surface area contributed by atoms with Crippen LogP contribution in [0.1, 0.15) is 32.1 Å². The van der Waals surface area contributed by atoms with Crippen LogP contribution < -0.4 is 15.5 Å². The predicted octanol–water partition coefficient (Wildman–Crippen LogP) is 3.75. The summed E-state index contributed by atoms with van der Waals surface area (Å²) >= 11 is 0. The van der Waals surface area contributed by atoms with E-state index in [1.165, 1.54) is 25.7 Å². The minimum absolute atomic E-state index is 0.502. The summed E-state index contributed by atoms with van der Waals surface area (Å²) in [4.78, 5) is 6.90. The van der Waals surface area contributed by atoms with Crippen LogP contribution in [0.4, 0.5) is 23.1 Å². The first-order valence-electron chi connectivity index (χ1n) is 10.2. The molecule has 1 aliphatic carbocycles. The number of ether oxygens (including phenoxy) is 1. The molecule has 2 N–H and O–H groups in total. The van der Waals surface area contributed by atoms with Crippen LogP contribution in [-0.2, 0) is 4.74 Å². The van der Waals surface area contributed by atoms with Gasteiger partial charge in [0.25, 0.3) is 0 Å². The lowest BCUT2D eigenvalue weighted by molar-refractivity contribution is 0.123. The van der Waals surface area contributed by atoms with Crippen molar-refractivity contribution in [2.45, 2.75) is 32.1 Å². The van der Waals surface area contributed by atoms with E-state index in [1.807, 2.05) is 18.2 Å². The molecule has 2 aliphatic rings. The molecule has 1 aromatic carbocycles. The summed E-state index contributed by atoms with van der Waals surface area (Å²) in [5.74, 6) is 1.25. The Labute approximate surface area is 166 Å². The summed E-state index contributed by atoms with van der Waals surface area (Å²) in [6.07, 6.45) is 10.2. The van der Waals surface area contributed by atoms with Crippen LogP contribution >= 0.6 is 0 Å². The highest BCUT2D eigenvalue weighted by Crippen LogP contribution is 2.28. The number of hydrogen-bond donors (Lipinski definition) is 2. The molecule has 0 spiro atoms. The molecule has 0 amide bonds. The summed E-state index contributed by atoms with van der Waals surface area (Å²) < 4.78 is 5.47. The zero-order chi connectivity index (χ0) is 19.0. The number of benzene rings is 1. The lowest BCUT2D eigenvalue weighted by atomic mass is 9.97. The van der Waals surface area contributed by atoms with E-state index >= 15 is 0 Å². The number of rotatable bonds is 7. The lowest BCUT2D eigenvalue weighted by Crippen LogP contribution is -2.36. The summed E-state index contributed by atoms with van der Waals surface area (Å²) in [6.45, 7) is 4.14. The maximum Gasteiger partial charge on any atom is 0.249 e. The monoisotopic (exact) mass is 380 g/mol. The van der Waals surface area contributed by atoms with E-state index in [1.54, 1.807) is 11.8 Å². The molecule has 0 radical (unpaired) electrons. The Hall–Kier alpha value is -2.67. The first-order valence-corrected chi connectivity index (χ1v) is 10.2. The van der Waals surface area contributed by atoms with Crippen LogP contribution in [0.15, 0.2) is 42.1 Å². The smallest absolute Gasteiger partial charge is 0.249 e. The Balaban J connectivity index is 1.39. The van der Waals surface area contributed by atoms with Gasteiger partial charge in [0, 0.05) is 19.6 Å². The van der Waals surface area contributed by atoms with Crippen LogP contribution in [0.3, 0.4) is 0 Å². The van der Waals surface area contributed by atoms with Crippen molar-refractivity contribution in [1.82, 2.24) is 15.2 Å². The zero-order valence-electron chi connectivity index (χ0n) is 16.2. The average Bonchev–Trinajstić information content (AvgIpc) is 2.76. The molecule has 1 aromatic heterocycles. The number of para-hydroxylation sites is 2. The highest BCUT2D eigenvalue weighted by Gasteiger charge is 2.15. The normalized spacial score (nSPS) is 17.1. The van der Waals surface area contributed by atoms with Gasteiger partial charge >= 0.3 is 0 Å². The standard InChI is InChI=1S/C21H28N6O/c1-2-6-17(7-3-1)10-11-22-20-16-23-26-21(25-20)24-18-8-4-5-9-19(18)27-12-14-28-15-13-27/h4-6,8-9,16H,1-3,7,10-15H2,(H2,22,24,25,26). The largest absolute Gasteiger partial charge is 0.378 e. The minimum atomic E-state index is 0.502. The van der Waals surface area contributed by atoms with Gasteiger partial charge in [0.1, 0.15) is 0 Å². The summed E-state index contributed by atoms with van der Waals surface area (Å²) in [6, 6.07) is 8.22. The van der Waals surface area contributed by atoms with Crippen LogP contribution in [0.2, 0.25) is 0 Å². The number of morpholine rings is 1. The molecule has 4 rings (SSSR count). The maximum absolute atomic E-state index is 5.47. The van der Waals surface area contributed by atoms with Crippen molar-refractivity contribution in [3.05, 3.63) is 42.1 Å². The van der Waals surface area contributed by atoms with Gasteiger partial charge < -0.3 is 20.3 Å². The topological polar surface area (TPSA) is 75.2 Å². The van der Waals surface area contributed by atoms with Gasteiger partial charge in [0.05, 0.1) is 30.8 Å². The van der Waals surface area contributed by atoms with Gasteiger partial charge in [-0.1, -0.05) is 23.8 Å². The molecule has 1 aliphatic heterocycles. The van der Waals surface area contributed by atoms with E-state index in [9.17, 15) is 0 Å². The highest BCUT2D eigenvalue weighted by atomic mass is 16.5. The zero-order valence-corrected chi connectivity index (χ0v) is 16.2. The Bertz CT molecular complexity index is 803. The Morgan fingerprint density at radius 2 is 2.00 bits per heavy atom. The fourth-order valence-corrected chi connectivity index (χ4v) is 3.70. The molecule has 0 unspecified atom stereocenters. The van der Waals surface area contributed by atoms with Crippen molar-refractivity contribution < 1.29 is 4.74 Å². The molecule has 7 nitrogen and oxygen atoms in total. The fourth-order valence-electron chi connectivity index (χ4n) is 3.70. The van der Waals surface area contributed by atoms with Crippen LogP contribution in [0.5, 0.6) is 0 Å². The average molecular weight is 380 g/mol. The molecular weight excluding hydrogens is 352 g/mol. The van der Waals surface area contributed by atoms with Gasteiger partial charge in [-0.05, 0) is 44.2 Å². The number of anilines is 4. The second kappa shape index (κ2) is 9.50. The third-order valence-corrected chi connectivity index (χ3v) is 5.20. The molecule has 2 heterocycles. The van der Waals surface area contributed by atoms with E-state index in [0.717, 1.165) is 56.5 Å². The van der Waals surface area contributed by atoms with Crippen LogP contribution in [0, 0.1) is 0 Å². The highest BCUT2D eigenvalue weighted by molar-refractivity contribution is 5.73. The number of nitrogens with one attached hydrogen (secondary N) is 2. The van der Waals surface area contributed by atoms with Crippen molar-refractivity contribution >= 4 is 23.1 Å². The molecule has 28 heavy (non-hydrogen) atoms. The number of aromatic nitrogens is 3. The molecule has 1 saturated heterocycles. The Kier molecular flexibility index (Phi) is 6.34. The second-order valence-corrected chi connectivity index (χ2v) is 7.19. The van der Waals surface area contributed by atoms with Gasteiger partial charge in [0.15, 0.2) is 5.82 Å². The summed E-state index contributed by atoms with van der Waals surface area (Å²) in [7, 11) is 0. The Morgan fingerprint density at radius 1 is 1.11 bits per heavy atom. The third-order valence-electron chi connectivity index (χ3n) is 5.20. The lowest BCUT2D eigenvalue weighted by Gasteiger charge is -2.30. The Morgan fingerprint density at radius 3 is 2.86 bits per heavy atom. The molecule has 148 valence electrons. The predicted molar refractivity (Wildman–Crippen MR) is 112 cm³/mol. The van der Waals surface area contributed by atoms with Gasteiger partial charge in [-0.15, -0.1) is 5.10 Å². The van der Waals surface area contributed by atoms with E-state index in [-0.39, 0.29) is 0 Å². The first kappa shape index (κ1) is 18.7. The SMILES string of the molecule is C1=C(CCNc2cnnc(Nc3ccccc3N3CCOCC3)n2)CCCC1. The summed E-state index contributed by atoms with van der Waals surface area (Å²) in [5, 5.41) is 15.0. The molecule has 2 aromatic rings. The van der Waals surface area contributed by atoms with Crippen molar-refractivity contribution in [2.24, 2.45) is 0 Å². The molecule has 0 atom stereocenters. The van der Waals surface area contributed by atoms with Gasteiger partial charge in [-0.25, -0.2) is 0 Å². The minimum Gasteiger partial charge on any atom is -0.378 e. The van der Waals surface area contributed by atoms with Gasteiger partial charge in [-0.3, -0.25) is 0 Å². The van der Waals surface area contributed by atoms with Gasteiger partial charge in [-0.2, -0.15) is 10.1 Å². The number of allylic oxidation sites excluding steroid dienone is 1. The van der Waals surface area contributed by atoms with E-state index < -0.39 is 0 Å². The maximum atomic E-state index is 5.47. The third kappa shape index (κ3) is 4.98. The molecular formula is C21H28N6O. The quantitative estimate of drug-likeness (QED) is 0.709. The van der Waals surface area contributed by atoms with E-state index in [4.69, 9.17) is 4.74 Å². The van der Waals surface area contributed by atoms with Crippen molar-refractivity contribution in [3.8, 4) is 0 Å². The second-order valence-electron chi connectivity index (χ2n) is 7.19. The van der Waals surface area contributed by atoms with Crippen LogP contribution in [0.25, 0.3) is 0 Å². The number of hydrogen-bond acceptors (Lipinski definition) is 7. The van der Waals surface area contributed by atoms with E-state index in [0.29, 0.717) is 5.95 Å². The number of nitrogens with zero attached hydrogens (tertiary/aromatic N) is 4. The van der Waals surface area contributed by atoms with Crippen LogP contribution in [-0.4, -0.2) is 48.0 Å². The van der Waals surface area contributed by atoms with Crippen molar-refractivity contribution in [3.63, 3.8) is 0 Å².